The van der Waals surface area contributed by atoms with Gasteiger partial charge in [0, 0.05) is 0 Å². The van der Waals surface area contributed by atoms with Gasteiger partial charge in [-0.25, -0.2) is 0 Å². The van der Waals surface area contributed by atoms with Gasteiger partial charge in [0.1, 0.15) is 0 Å². The van der Waals surface area contributed by atoms with Gasteiger partial charge in [-0.15, -0.1) is 0 Å². The van der Waals surface area contributed by atoms with Gasteiger partial charge in [0.05, 0.1) is 0 Å². The Morgan fingerprint density at radius 1 is 0.171 bits per heavy atom. The molecule has 0 saturated carbocycles. The molecule has 0 aromatic carbocycles. The number of rotatable bonds is 0. The predicted octanol–water partition coefficient (Wildman–Crippen LogP) is 0.290. The Morgan fingerprint density at radius 2 is 0.220 bits per heavy atom. The van der Waals surface area contributed by atoms with Crippen molar-refractivity contribution < 1.29 is 66.3 Å². The zero-order valence-corrected chi connectivity index (χ0v) is 24.3. The van der Waals surface area contributed by atoms with Crippen LogP contribution >= 0.6 is 0 Å². The third kappa shape index (κ3) is 4.74. The molecule has 0 aromatic rings. The molecule has 0 N–H and O–H groups in total. The molecule has 0 saturated heterocycles. The summed E-state index contributed by atoms with van der Waals surface area (Å²) in [6.07, 6.45) is 0. The molecule has 2 radical (unpaired) electrons. The Bertz CT molecular complexity index is 1410. The Morgan fingerprint density at radius 3 is 0.220 bits per heavy atom. The Labute approximate surface area is 248 Å². The molecule has 202 valence electrons. The molecule has 0 heterocycles. The van der Waals surface area contributed by atoms with Crippen molar-refractivity contribution in [1.29, 1.82) is 94.7 Å². The first kappa shape index (κ1) is 44.4. The number of hydrogen-bond donors (Lipinski definition) is 0. The normalized spacial score (nSPS) is 12.7. The molecule has 0 spiro atoms. The fourth-order valence-electron chi connectivity index (χ4n) is 0.795. The average Bonchev–Trinajstić information content (AvgIpc) is 3.06. The third-order valence-electron chi connectivity index (χ3n) is 3.56. The van der Waals surface area contributed by atoms with E-state index in [0.717, 1.165) is 89.4 Å². The number of nitrogens with zero attached hydrogens (tertiary/aromatic N) is 18. The largest absolute Gasteiger partial charge is 3.00 e. The monoisotopic (exact) mass is 748 g/mol. The Hall–Kier alpha value is -6.58. The molecule has 41 heavy (non-hydrogen) atoms. The van der Waals surface area contributed by atoms with Gasteiger partial charge in [0.15, 0.2) is 0 Å². The van der Waals surface area contributed by atoms with E-state index in [1.165, 1.54) is 0 Å². The zero-order chi connectivity index (χ0) is 32.0. The number of hydrogen-bond acceptors (Lipinski definition) is 18. The summed E-state index contributed by atoms with van der Waals surface area (Å²) in [5.41, 5.74) is 0. The smallest absolute Gasteiger partial charge is 3.00 e. The molecule has 0 aromatic heterocycles. The molecule has 18 nitrogen and oxygen atoms in total. The van der Waals surface area contributed by atoms with E-state index in [1.807, 2.05) is 0 Å². The molecule has 0 aliphatic heterocycles. The van der Waals surface area contributed by atoms with E-state index in [2.05, 4.69) is 0 Å². The molecule has 0 fully saturated rings. The van der Waals surface area contributed by atoms with Crippen LogP contribution in [0.15, 0.2) is 0 Å². The molecule has 0 aliphatic carbocycles. The van der Waals surface area contributed by atoms with Gasteiger partial charge in [-0.1, -0.05) is 0 Å². The van der Waals surface area contributed by atoms with Gasteiger partial charge in [-0.2, -0.15) is 0 Å². The molecule has 23 heteroatoms. The molecular weight excluding hydrogens is 748 g/mol. The van der Waals surface area contributed by atoms with E-state index in [1.54, 1.807) is 0 Å². The van der Waals surface area contributed by atoms with Crippen molar-refractivity contribution in [1.82, 2.24) is 0 Å². The second-order valence-electron chi connectivity index (χ2n) is 5.40. The van der Waals surface area contributed by atoms with Crippen molar-refractivity contribution in [3.8, 4) is 89.4 Å². The average molecular weight is 748 g/mol. The Kier molecular flexibility index (Phi) is 12.0. The maximum absolute atomic E-state index is 8.58. The summed E-state index contributed by atoms with van der Waals surface area (Å²) in [5, 5.41) is 154. The maximum Gasteiger partial charge on any atom is 3.00 e. The van der Waals surface area contributed by atoms with E-state index in [4.69, 9.17) is 94.7 Å². The van der Waals surface area contributed by atoms with Crippen molar-refractivity contribution in [2.24, 2.45) is 0 Å². The second-order valence-corrected chi connectivity index (χ2v) is 22.3. The summed E-state index contributed by atoms with van der Waals surface area (Å²) in [6, 6.07) is 0. The SMILES string of the molecule is N#[C][Fe-2]([C]#N)([C]#N)([C]#N)([C]#N)[C]#N.N#[C][Fe-2]([C]#N)([C]#N)([C]#N)([C]#N)[C]#N.N#[C][Fe-2]([C]#N)([C]#N)([C]#N)([C]#N)[C]#N.[Fe+3].[Fe+3]. The van der Waals surface area contributed by atoms with Crippen LogP contribution in [0.2, 0.25) is 0 Å². The van der Waals surface area contributed by atoms with Gasteiger partial charge in [-0.3, -0.25) is 0 Å². The topological polar surface area (TPSA) is 428 Å². The fraction of sp³-hybridized carbons (Fsp3) is 0. The van der Waals surface area contributed by atoms with Crippen LogP contribution in [-0.2, 0) is 66.3 Å². The van der Waals surface area contributed by atoms with Gasteiger partial charge < -0.3 is 0 Å². The van der Waals surface area contributed by atoms with Crippen molar-refractivity contribution in [3.05, 3.63) is 0 Å². The molecule has 0 atom stereocenters. The first-order valence-electron chi connectivity index (χ1n) is 7.21. The third-order valence-corrected chi connectivity index (χ3v) is 14.7. The van der Waals surface area contributed by atoms with E-state index >= 15 is 0 Å². The fourth-order valence-corrected chi connectivity index (χ4v) is 3.28. The van der Waals surface area contributed by atoms with Crippen molar-refractivity contribution >= 4 is 0 Å². The maximum atomic E-state index is 8.58. The van der Waals surface area contributed by atoms with Crippen LogP contribution in [0.4, 0.5) is 0 Å². The first-order chi connectivity index (χ1) is 17.9. The minimum atomic E-state index is -6.17. The van der Waals surface area contributed by atoms with Crippen molar-refractivity contribution in [3.63, 3.8) is 0 Å². The summed E-state index contributed by atoms with van der Waals surface area (Å²) in [6.45, 7) is 0. The summed E-state index contributed by atoms with van der Waals surface area (Å²) in [4.78, 5) is 18.6. The van der Waals surface area contributed by atoms with E-state index in [0.29, 0.717) is 0 Å². The van der Waals surface area contributed by atoms with Gasteiger partial charge in [-0.05, 0) is 0 Å². The van der Waals surface area contributed by atoms with Crippen LogP contribution in [-0.4, -0.2) is 0 Å². The summed E-state index contributed by atoms with van der Waals surface area (Å²) in [5.74, 6) is 0. The van der Waals surface area contributed by atoms with E-state index < -0.39 is 32.2 Å². The Balaban J connectivity index is -0.000000154. The molecule has 0 bridgehead atoms. The molecule has 0 amide bonds. The van der Waals surface area contributed by atoms with E-state index in [-0.39, 0.29) is 34.1 Å². The molecule has 0 rings (SSSR count). The summed E-state index contributed by atoms with van der Waals surface area (Å²) >= 11 is 0. The summed E-state index contributed by atoms with van der Waals surface area (Å²) in [7, 11) is -18.5. The second kappa shape index (κ2) is 11.0. The van der Waals surface area contributed by atoms with E-state index in [9.17, 15) is 0 Å². The minimum Gasteiger partial charge on any atom is 3.00 e. The quantitative estimate of drug-likeness (QED) is 0.300. The van der Waals surface area contributed by atoms with Crippen LogP contribution in [0.25, 0.3) is 0 Å². The first-order valence-corrected chi connectivity index (χ1v) is 17.1. The molecule has 0 unspecified atom stereocenters. The predicted molar refractivity (Wildman–Crippen MR) is 101 cm³/mol. The van der Waals surface area contributed by atoms with Crippen LogP contribution < -0.4 is 0 Å². The van der Waals surface area contributed by atoms with Gasteiger partial charge >= 0.3 is 250 Å². The number of nitriles is 18. The van der Waals surface area contributed by atoms with Crippen molar-refractivity contribution in [2.45, 2.75) is 0 Å². The van der Waals surface area contributed by atoms with Crippen molar-refractivity contribution in [2.75, 3.05) is 0 Å². The molecule has 0 aliphatic rings. The van der Waals surface area contributed by atoms with Gasteiger partial charge in [0.25, 0.3) is 0 Å². The van der Waals surface area contributed by atoms with Gasteiger partial charge in [0.2, 0.25) is 0 Å². The zero-order valence-electron chi connectivity index (χ0n) is 18.8. The van der Waals surface area contributed by atoms with Crippen LogP contribution in [0.5, 0.6) is 0 Å². The van der Waals surface area contributed by atoms with Crippen LogP contribution in [0, 0.1) is 184 Å². The minimum absolute atomic E-state index is 0. The van der Waals surface area contributed by atoms with Crippen LogP contribution in [0.1, 0.15) is 0 Å². The van der Waals surface area contributed by atoms with Crippen LogP contribution in [0.3, 0.4) is 0 Å². The standard InChI is InChI=1S/18CN.5Fe/c18*1-2;;;;;/q;;;;;;;;;;;;;;;;;;3*-2;2*+3. The summed E-state index contributed by atoms with van der Waals surface area (Å²) < 4.78 is 0. The molecular formula is C18Fe5N18.